The van der Waals surface area contributed by atoms with E-state index >= 15 is 0 Å². The summed E-state index contributed by atoms with van der Waals surface area (Å²) < 4.78 is 34.8. The Bertz CT molecular complexity index is 1800. The lowest BCUT2D eigenvalue weighted by atomic mass is 10.0. The van der Waals surface area contributed by atoms with Crippen LogP contribution in [0.4, 0.5) is 0 Å². The molecule has 0 saturated carbocycles. The molecule has 2 N–H and O–H groups in total. The molecule has 43 heavy (non-hydrogen) atoms. The molecule has 2 atom stereocenters. The van der Waals surface area contributed by atoms with Crippen LogP contribution in [0.1, 0.15) is 48.7 Å². The summed E-state index contributed by atoms with van der Waals surface area (Å²) in [5, 5.41) is 3.35. The number of aromatic amines is 1. The molecule has 2 unspecified atom stereocenters. The minimum atomic E-state index is -3.46. The predicted molar refractivity (Wildman–Crippen MR) is 157 cm³/mol. The second-order valence-electron chi connectivity index (χ2n) is 10.3. The van der Waals surface area contributed by atoms with Gasteiger partial charge in [-0.25, -0.2) is 18.2 Å². The maximum Gasteiger partial charge on any atom is 0.328 e. The highest BCUT2D eigenvalue weighted by Crippen LogP contribution is 2.41. The zero-order chi connectivity index (χ0) is 30.9. The average Bonchev–Trinajstić information content (AvgIpc) is 3.54. The third-order valence-electron chi connectivity index (χ3n) is 7.21. The molecular formula is C30H31N5O7S. The first-order chi connectivity index (χ1) is 20.4. The highest BCUT2D eigenvalue weighted by molar-refractivity contribution is 7.90. The lowest BCUT2D eigenvalue weighted by molar-refractivity contribution is -0.144. The number of carbonyl (C=O) groups is 3. The van der Waals surface area contributed by atoms with Gasteiger partial charge in [-0.1, -0.05) is 0 Å². The minimum Gasteiger partial charge on any atom is -0.464 e. The zero-order valence-corrected chi connectivity index (χ0v) is 24.9. The van der Waals surface area contributed by atoms with E-state index in [1.54, 1.807) is 44.0 Å². The summed E-state index contributed by atoms with van der Waals surface area (Å²) in [5.41, 5.74) is 3.15. The maximum atomic E-state index is 12.6. The van der Waals surface area contributed by atoms with Gasteiger partial charge < -0.3 is 24.7 Å². The van der Waals surface area contributed by atoms with E-state index in [0.29, 0.717) is 41.3 Å². The lowest BCUT2D eigenvalue weighted by Gasteiger charge is -2.23. The van der Waals surface area contributed by atoms with Crippen molar-refractivity contribution in [1.82, 2.24) is 25.2 Å². The Morgan fingerprint density at radius 2 is 1.93 bits per heavy atom. The van der Waals surface area contributed by atoms with Crippen LogP contribution < -0.4 is 10.1 Å². The molecule has 4 aromatic rings. The standard InChI is InChI=1S/C30H31N5O7S/c1-5-41-30(38)17(2)33-29(37)18-6-8-22(31-15-18)24-12-19-13-26(42-20-7-10-27(32-16-20)43(4,39)40)21(14-23(19)34-24)25-9-11-28(36)35(25)3/h6-8,10,12-17,25,34H,5,9,11H2,1-4H3,(H,33,37). The fraction of sp³-hybridized carbons (Fsp3) is 0.300. The van der Waals surface area contributed by atoms with E-state index in [0.717, 1.165) is 22.7 Å². The predicted octanol–water partition coefficient (Wildman–Crippen LogP) is 3.80. The number of pyridine rings is 2. The molecule has 0 radical (unpaired) electrons. The molecule has 5 rings (SSSR count). The molecule has 13 heteroatoms. The van der Waals surface area contributed by atoms with Gasteiger partial charge in [0.05, 0.1) is 35.8 Å². The number of hydrogen-bond donors (Lipinski definition) is 2. The summed E-state index contributed by atoms with van der Waals surface area (Å²) in [4.78, 5) is 50.3. The summed E-state index contributed by atoms with van der Waals surface area (Å²) in [7, 11) is -1.70. The van der Waals surface area contributed by atoms with Gasteiger partial charge >= 0.3 is 5.97 Å². The van der Waals surface area contributed by atoms with E-state index in [-0.39, 0.29) is 23.6 Å². The van der Waals surface area contributed by atoms with Crippen molar-refractivity contribution in [2.45, 2.75) is 43.8 Å². The van der Waals surface area contributed by atoms with Gasteiger partial charge in [-0.2, -0.15) is 0 Å². The Hall–Kier alpha value is -4.78. The third-order valence-corrected chi connectivity index (χ3v) is 8.21. The highest BCUT2D eigenvalue weighted by Gasteiger charge is 2.32. The van der Waals surface area contributed by atoms with Gasteiger partial charge in [0.15, 0.2) is 14.9 Å². The van der Waals surface area contributed by atoms with E-state index in [1.807, 2.05) is 18.2 Å². The van der Waals surface area contributed by atoms with E-state index in [9.17, 15) is 22.8 Å². The van der Waals surface area contributed by atoms with Gasteiger partial charge in [-0.3, -0.25) is 14.6 Å². The Morgan fingerprint density at radius 1 is 1.14 bits per heavy atom. The fourth-order valence-electron chi connectivity index (χ4n) is 4.90. The van der Waals surface area contributed by atoms with Crippen LogP contribution in [0.5, 0.6) is 11.5 Å². The van der Waals surface area contributed by atoms with Gasteiger partial charge in [0, 0.05) is 42.4 Å². The lowest BCUT2D eigenvalue weighted by Crippen LogP contribution is -2.39. The monoisotopic (exact) mass is 605 g/mol. The Kier molecular flexibility index (Phi) is 8.18. The van der Waals surface area contributed by atoms with Crippen molar-refractivity contribution in [2.24, 2.45) is 0 Å². The number of ether oxygens (including phenoxy) is 2. The topological polar surface area (TPSA) is 161 Å². The number of likely N-dealkylation sites (tertiary alicyclic amines) is 1. The zero-order valence-electron chi connectivity index (χ0n) is 24.1. The number of nitrogens with one attached hydrogen (secondary N) is 2. The molecule has 2 amide bonds. The Labute approximate surface area is 248 Å². The molecule has 224 valence electrons. The summed E-state index contributed by atoms with van der Waals surface area (Å²) >= 11 is 0. The smallest absolute Gasteiger partial charge is 0.328 e. The number of rotatable bonds is 9. The first-order valence-electron chi connectivity index (χ1n) is 13.6. The summed E-state index contributed by atoms with van der Waals surface area (Å²) in [6, 6.07) is 10.9. The van der Waals surface area contributed by atoms with Gasteiger partial charge in [0.1, 0.15) is 17.5 Å². The number of sulfone groups is 1. The number of benzene rings is 1. The van der Waals surface area contributed by atoms with Crippen molar-refractivity contribution >= 4 is 38.5 Å². The maximum absolute atomic E-state index is 12.6. The minimum absolute atomic E-state index is 0.0346. The van der Waals surface area contributed by atoms with Crippen LogP contribution in [0, 0.1) is 0 Å². The molecule has 1 aliphatic rings. The largest absolute Gasteiger partial charge is 0.464 e. The van der Waals surface area contributed by atoms with Crippen LogP contribution in [0.2, 0.25) is 0 Å². The average molecular weight is 606 g/mol. The van der Waals surface area contributed by atoms with Crippen molar-refractivity contribution in [3.63, 3.8) is 0 Å². The molecule has 0 bridgehead atoms. The van der Waals surface area contributed by atoms with E-state index in [1.165, 1.54) is 18.5 Å². The second kappa shape index (κ2) is 11.8. The van der Waals surface area contributed by atoms with Crippen LogP contribution in [-0.4, -0.2) is 72.0 Å². The first kappa shape index (κ1) is 29.7. The van der Waals surface area contributed by atoms with Crippen LogP contribution in [0.3, 0.4) is 0 Å². The molecule has 0 spiro atoms. The van der Waals surface area contributed by atoms with Crippen LogP contribution >= 0.6 is 0 Å². The first-order valence-corrected chi connectivity index (χ1v) is 15.5. The van der Waals surface area contributed by atoms with Gasteiger partial charge in [0.25, 0.3) is 5.91 Å². The number of amides is 2. The van der Waals surface area contributed by atoms with Crippen LogP contribution in [-0.2, 0) is 24.2 Å². The molecule has 1 aliphatic heterocycles. The number of carbonyl (C=O) groups excluding carboxylic acids is 3. The fourth-order valence-corrected chi connectivity index (χ4v) is 5.46. The highest BCUT2D eigenvalue weighted by atomic mass is 32.2. The molecule has 1 aromatic carbocycles. The van der Waals surface area contributed by atoms with Crippen LogP contribution in [0.15, 0.2) is 59.9 Å². The summed E-state index contributed by atoms with van der Waals surface area (Å²) in [5.74, 6) is -0.0707. The van der Waals surface area contributed by atoms with E-state index < -0.39 is 27.8 Å². The molecule has 1 saturated heterocycles. The van der Waals surface area contributed by atoms with Crippen LogP contribution in [0.25, 0.3) is 22.3 Å². The number of hydrogen-bond acceptors (Lipinski definition) is 9. The normalized spacial score (nSPS) is 15.9. The molecule has 0 aliphatic carbocycles. The van der Waals surface area contributed by atoms with Gasteiger partial charge in [-0.05, 0) is 62.7 Å². The number of esters is 1. The summed E-state index contributed by atoms with van der Waals surface area (Å²) in [6.07, 6.45) is 4.91. The third kappa shape index (κ3) is 6.36. The quantitative estimate of drug-likeness (QED) is 0.271. The number of nitrogens with zero attached hydrogens (tertiary/aromatic N) is 3. The van der Waals surface area contributed by atoms with Gasteiger partial charge in [-0.15, -0.1) is 0 Å². The molecular weight excluding hydrogens is 574 g/mol. The summed E-state index contributed by atoms with van der Waals surface area (Å²) in [6.45, 7) is 3.47. The molecule has 12 nitrogen and oxygen atoms in total. The number of aromatic nitrogens is 3. The molecule has 4 heterocycles. The van der Waals surface area contributed by atoms with Crippen molar-refractivity contribution in [1.29, 1.82) is 0 Å². The van der Waals surface area contributed by atoms with Crippen molar-refractivity contribution < 1.29 is 32.3 Å². The van der Waals surface area contributed by atoms with Crippen molar-refractivity contribution in [3.8, 4) is 22.9 Å². The second-order valence-corrected chi connectivity index (χ2v) is 12.3. The molecule has 1 fully saturated rings. The Morgan fingerprint density at radius 3 is 2.53 bits per heavy atom. The van der Waals surface area contributed by atoms with Crippen molar-refractivity contribution in [2.75, 3.05) is 19.9 Å². The van der Waals surface area contributed by atoms with E-state index in [4.69, 9.17) is 9.47 Å². The number of fused-ring (bicyclic) bond motifs is 1. The molecule has 3 aromatic heterocycles. The van der Waals surface area contributed by atoms with Crippen molar-refractivity contribution in [3.05, 3.63) is 66.0 Å². The SMILES string of the molecule is CCOC(=O)C(C)NC(=O)c1ccc(-c2cc3cc(Oc4ccc(S(C)(=O)=O)nc4)c(C4CCC(=O)N4C)cc3[nH]2)nc1. The Balaban J connectivity index is 1.44. The van der Waals surface area contributed by atoms with Gasteiger partial charge in [0.2, 0.25) is 5.91 Å². The van der Waals surface area contributed by atoms with E-state index in [2.05, 4.69) is 20.3 Å². The number of H-pyrrole nitrogens is 1.